The molecular formula is C11H12BrN3OS. The van der Waals surface area contributed by atoms with Crippen molar-refractivity contribution in [1.82, 2.24) is 9.97 Å². The Hall–Kier alpha value is -1.14. The normalized spacial score (nSPS) is 10.5. The average Bonchev–Trinajstić information content (AvgIpc) is 2.63. The first-order valence-electron chi connectivity index (χ1n) is 5.07. The molecule has 2 aromatic rings. The van der Waals surface area contributed by atoms with Gasteiger partial charge in [-0.2, -0.15) is 0 Å². The summed E-state index contributed by atoms with van der Waals surface area (Å²) >= 11 is 5.14. The molecule has 0 unspecified atom stereocenters. The Bertz CT molecular complexity index is 578. The Morgan fingerprint density at radius 1 is 1.59 bits per heavy atom. The molecule has 2 rings (SSSR count). The lowest BCUT2D eigenvalue weighted by Crippen LogP contribution is -2.22. The molecule has 0 bridgehead atoms. The number of aromatic nitrogens is 2. The highest BCUT2D eigenvalue weighted by atomic mass is 79.9. The van der Waals surface area contributed by atoms with E-state index in [1.807, 2.05) is 24.3 Å². The number of hydrogen-bond acceptors (Lipinski definition) is 4. The molecule has 0 saturated heterocycles. The average molecular weight is 314 g/mol. The lowest BCUT2D eigenvalue weighted by Gasteiger charge is -2.17. The van der Waals surface area contributed by atoms with E-state index in [-0.39, 0.29) is 5.56 Å². The molecule has 0 aromatic carbocycles. The number of nitrogens with one attached hydrogen (secondary N) is 1. The number of anilines is 1. The van der Waals surface area contributed by atoms with Gasteiger partial charge in [-0.3, -0.25) is 9.78 Å². The monoisotopic (exact) mass is 313 g/mol. The Balaban J connectivity index is 2.23. The van der Waals surface area contributed by atoms with Crippen LogP contribution in [0.25, 0.3) is 0 Å². The van der Waals surface area contributed by atoms with Crippen LogP contribution in [0.5, 0.6) is 0 Å². The Morgan fingerprint density at radius 3 is 2.94 bits per heavy atom. The van der Waals surface area contributed by atoms with E-state index in [1.54, 1.807) is 11.3 Å². The first-order valence-corrected chi connectivity index (χ1v) is 6.74. The van der Waals surface area contributed by atoms with Gasteiger partial charge in [0, 0.05) is 25.4 Å². The first-order chi connectivity index (χ1) is 8.06. The number of rotatable bonds is 3. The van der Waals surface area contributed by atoms with Crippen molar-refractivity contribution in [3.8, 4) is 0 Å². The predicted octanol–water partition coefficient (Wildman–Crippen LogP) is 2.54. The SMILES string of the molecule is Cc1cc(=O)[nH]c(N(C)Cc2ccsc2Br)n1. The predicted molar refractivity (Wildman–Crippen MR) is 73.7 cm³/mol. The number of aryl methyl sites for hydroxylation is 1. The van der Waals surface area contributed by atoms with Crippen molar-refractivity contribution in [1.29, 1.82) is 0 Å². The quantitative estimate of drug-likeness (QED) is 0.947. The molecule has 4 nitrogen and oxygen atoms in total. The molecule has 90 valence electrons. The highest BCUT2D eigenvalue weighted by molar-refractivity contribution is 9.11. The van der Waals surface area contributed by atoms with Crippen molar-refractivity contribution in [3.63, 3.8) is 0 Å². The van der Waals surface area contributed by atoms with Gasteiger partial charge in [-0.15, -0.1) is 11.3 Å². The van der Waals surface area contributed by atoms with E-state index < -0.39 is 0 Å². The van der Waals surface area contributed by atoms with E-state index in [1.165, 1.54) is 11.6 Å². The number of H-pyrrole nitrogens is 1. The number of nitrogens with zero attached hydrogens (tertiary/aromatic N) is 2. The van der Waals surface area contributed by atoms with Crippen LogP contribution >= 0.6 is 27.3 Å². The van der Waals surface area contributed by atoms with Crippen LogP contribution in [-0.4, -0.2) is 17.0 Å². The van der Waals surface area contributed by atoms with Gasteiger partial charge in [-0.25, -0.2) is 4.98 Å². The number of aromatic amines is 1. The number of halogens is 1. The minimum Gasteiger partial charge on any atom is -0.341 e. The second-order valence-electron chi connectivity index (χ2n) is 3.79. The van der Waals surface area contributed by atoms with Crippen molar-refractivity contribution in [2.24, 2.45) is 0 Å². The van der Waals surface area contributed by atoms with Gasteiger partial charge in [0.1, 0.15) is 0 Å². The third-order valence-electron chi connectivity index (χ3n) is 2.32. The highest BCUT2D eigenvalue weighted by Gasteiger charge is 2.08. The van der Waals surface area contributed by atoms with Crippen molar-refractivity contribution >= 4 is 33.2 Å². The fraction of sp³-hybridized carbons (Fsp3) is 0.273. The zero-order chi connectivity index (χ0) is 12.4. The smallest absolute Gasteiger partial charge is 0.252 e. The molecular weight excluding hydrogens is 302 g/mol. The van der Waals surface area contributed by atoms with Gasteiger partial charge in [0.05, 0.1) is 3.79 Å². The third-order valence-corrected chi connectivity index (χ3v) is 4.13. The topological polar surface area (TPSA) is 49.0 Å². The van der Waals surface area contributed by atoms with Crippen molar-refractivity contribution in [2.45, 2.75) is 13.5 Å². The van der Waals surface area contributed by atoms with Gasteiger partial charge in [0.25, 0.3) is 5.56 Å². The largest absolute Gasteiger partial charge is 0.341 e. The fourth-order valence-electron chi connectivity index (χ4n) is 1.51. The van der Waals surface area contributed by atoms with Crippen LogP contribution in [0.15, 0.2) is 26.1 Å². The summed E-state index contributed by atoms with van der Waals surface area (Å²) in [6, 6.07) is 3.54. The van der Waals surface area contributed by atoms with Gasteiger partial charge in [-0.1, -0.05) is 0 Å². The molecule has 6 heteroatoms. The molecule has 2 aromatic heterocycles. The molecule has 0 fully saturated rings. The Kier molecular flexibility index (Phi) is 3.63. The van der Waals surface area contributed by atoms with Crippen LogP contribution in [0.4, 0.5) is 5.95 Å². The standard InChI is InChI=1S/C11H12BrN3OS/c1-7-5-9(16)14-11(13-7)15(2)6-8-3-4-17-10(8)12/h3-5H,6H2,1-2H3,(H,13,14,16). The second-order valence-corrected chi connectivity index (χ2v) is 6.02. The summed E-state index contributed by atoms with van der Waals surface area (Å²) < 4.78 is 1.11. The molecule has 0 aliphatic heterocycles. The fourth-order valence-corrected chi connectivity index (χ4v) is 2.72. The second kappa shape index (κ2) is 5.01. The molecule has 0 atom stereocenters. The zero-order valence-corrected chi connectivity index (χ0v) is 11.9. The van der Waals surface area contributed by atoms with E-state index in [2.05, 4.69) is 32.0 Å². The van der Waals surface area contributed by atoms with Gasteiger partial charge in [0.2, 0.25) is 5.95 Å². The van der Waals surface area contributed by atoms with Gasteiger partial charge in [-0.05, 0) is 39.9 Å². The molecule has 0 aliphatic carbocycles. The van der Waals surface area contributed by atoms with Crippen molar-refractivity contribution < 1.29 is 0 Å². The van der Waals surface area contributed by atoms with Gasteiger partial charge >= 0.3 is 0 Å². The third kappa shape index (κ3) is 2.95. The molecule has 0 amide bonds. The highest BCUT2D eigenvalue weighted by Crippen LogP contribution is 2.25. The lowest BCUT2D eigenvalue weighted by molar-refractivity contribution is 0.853. The maximum absolute atomic E-state index is 11.4. The molecule has 0 aliphatic rings. The molecule has 0 spiro atoms. The van der Waals surface area contributed by atoms with E-state index in [0.717, 1.165) is 9.48 Å². The van der Waals surface area contributed by atoms with E-state index in [9.17, 15) is 4.79 Å². The van der Waals surface area contributed by atoms with E-state index in [4.69, 9.17) is 0 Å². The van der Waals surface area contributed by atoms with Crippen LogP contribution < -0.4 is 10.5 Å². The van der Waals surface area contributed by atoms with Gasteiger partial charge in [0.15, 0.2) is 0 Å². The number of hydrogen-bond donors (Lipinski definition) is 1. The summed E-state index contributed by atoms with van der Waals surface area (Å²) in [7, 11) is 1.90. The maximum Gasteiger partial charge on any atom is 0.252 e. The molecule has 0 saturated carbocycles. The van der Waals surface area contributed by atoms with E-state index in [0.29, 0.717) is 12.5 Å². The summed E-state index contributed by atoms with van der Waals surface area (Å²) in [5, 5.41) is 2.03. The molecule has 17 heavy (non-hydrogen) atoms. The summed E-state index contributed by atoms with van der Waals surface area (Å²) in [6.07, 6.45) is 0. The lowest BCUT2D eigenvalue weighted by atomic mass is 10.3. The minimum atomic E-state index is -0.122. The summed E-state index contributed by atoms with van der Waals surface area (Å²) in [5.74, 6) is 0.591. The summed E-state index contributed by atoms with van der Waals surface area (Å²) in [6.45, 7) is 2.52. The van der Waals surface area contributed by atoms with Gasteiger partial charge < -0.3 is 4.90 Å². The molecule has 2 heterocycles. The van der Waals surface area contributed by atoms with Crippen LogP contribution in [0, 0.1) is 6.92 Å². The zero-order valence-electron chi connectivity index (χ0n) is 9.53. The van der Waals surface area contributed by atoms with E-state index >= 15 is 0 Å². The minimum absolute atomic E-state index is 0.122. The van der Waals surface area contributed by atoms with Crippen LogP contribution in [0.3, 0.4) is 0 Å². The first kappa shape index (κ1) is 12.3. The Morgan fingerprint density at radius 2 is 2.35 bits per heavy atom. The number of thiophene rings is 1. The van der Waals surface area contributed by atoms with Crippen molar-refractivity contribution in [2.75, 3.05) is 11.9 Å². The maximum atomic E-state index is 11.4. The summed E-state index contributed by atoms with van der Waals surface area (Å²) in [4.78, 5) is 20.3. The Labute approximate surface area is 111 Å². The molecule has 0 radical (unpaired) electrons. The van der Waals surface area contributed by atoms with Crippen molar-refractivity contribution in [3.05, 3.63) is 42.9 Å². The van der Waals surface area contributed by atoms with Crippen LogP contribution in [0.2, 0.25) is 0 Å². The summed E-state index contributed by atoms with van der Waals surface area (Å²) in [5.41, 5.74) is 1.78. The van der Waals surface area contributed by atoms with Crippen LogP contribution in [0.1, 0.15) is 11.3 Å². The van der Waals surface area contributed by atoms with Crippen LogP contribution in [-0.2, 0) is 6.54 Å². The molecule has 1 N–H and O–H groups in total.